The van der Waals surface area contributed by atoms with E-state index in [-0.39, 0.29) is 11.3 Å². The molecule has 0 radical (unpaired) electrons. The Bertz CT molecular complexity index is 423. The van der Waals surface area contributed by atoms with E-state index in [4.69, 9.17) is 0 Å². The zero-order chi connectivity index (χ0) is 10.9. The zero-order valence-corrected chi connectivity index (χ0v) is 9.50. The molecule has 0 bridgehead atoms. The first kappa shape index (κ1) is 10.6. The Morgan fingerprint density at radius 3 is 2.40 bits per heavy atom. The van der Waals surface area contributed by atoms with Crippen molar-refractivity contribution in [2.24, 2.45) is 0 Å². The van der Waals surface area contributed by atoms with E-state index in [0.29, 0.717) is 0 Å². The molecule has 1 atom stereocenters. The molecule has 1 aliphatic rings. The second-order valence-electron chi connectivity index (χ2n) is 3.99. The molecule has 0 spiro atoms. The lowest BCUT2D eigenvalue weighted by molar-refractivity contribution is 0.565. The Hall–Kier alpha value is -0.870. The number of benzene rings is 1. The Balaban J connectivity index is 2.07. The lowest BCUT2D eigenvalue weighted by atomic mass is 10.1. The molecule has 15 heavy (non-hydrogen) atoms. The summed E-state index contributed by atoms with van der Waals surface area (Å²) in [6, 6.07) is 9.47. The standard InChI is InChI=1S/C11H15NO2S/c1-9(10-5-3-2-4-6-10)12-15(13,14)11-7-8-11/h2-6,9,11-12H,7-8H2,1H3. The number of rotatable bonds is 4. The molecule has 1 aromatic carbocycles. The van der Waals surface area contributed by atoms with Crippen molar-refractivity contribution < 1.29 is 8.42 Å². The van der Waals surface area contributed by atoms with Crippen molar-refractivity contribution in [3.05, 3.63) is 35.9 Å². The Morgan fingerprint density at radius 1 is 1.27 bits per heavy atom. The molecule has 1 unspecified atom stereocenters. The maximum Gasteiger partial charge on any atom is 0.215 e. The SMILES string of the molecule is CC(NS(=O)(=O)C1CC1)c1ccccc1. The molecule has 0 aliphatic heterocycles. The summed E-state index contributed by atoms with van der Waals surface area (Å²) in [4.78, 5) is 0. The Morgan fingerprint density at radius 2 is 1.87 bits per heavy atom. The van der Waals surface area contributed by atoms with Gasteiger partial charge in [0.15, 0.2) is 0 Å². The van der Waals surface area contributed by atoms with Crippen LogP contribution < -0.4 is 4.72 Å². The van der Waals surface area contributed by atoms with Gasteiger partial charge >= 0.3 is 0 Å². The first-order chi connectivity index (χ1) is 7.09. The van der Waals surface area contributed by atoms with E-state index in [9.17, 15) is 8.42 Å². The minimum atomic E-state index is -3.08. The molecule has 4 heteroatoms. The van der Waals surface area contributed by atoms with Crippen LogP contribution in [0.1, 0.15) is 31.4 Å². The largest absolute Gasteiger partial charge is 0.215 e. The second kappa shape index (κ2) is 3.94. The van der Waals surface area contributed by atoms with Gasteiger partial charge in [-0.25, -0.2) is 13.1 Å². The van der Waals surface area contributed by atoms with Crippen molar-refractivity contribution in [2.45, 2.75) is 31.1 Å². The highest BCUT2D eigenvalue weighted by atomic mass is 32.2. The van der Waals surface area contributed by atoms with E-state index in [0.717, 1.165) is 18.4 Å². The van der Waals surface area contributed by atoms with E-state index < -0.39 is 10.0 Å². The number of sulfonamides is 1. The van der Waals surface area contributed by atoms with Gasteiger partial charge in [0, 0.05) is 6.04 Å². The van der Waals surface area contributed by atoms with E-state index in [2.05, 4.69) is 4.72 Å². The molecule has 82 valence electrons. The molecule has 0 amide bonds. The van der Waals surface area contributed by atoms with Crippen LogP contribution in [0, 0.1) is 0 Å². The summed E-state index contributed by atoms with van der Waals surface area (Å²) in [5.74, 6) is 0. The number of hydrogen-bond acceptors (Lipinski definition) is 2. The molecule has 3 nitrogen and oxygen atoms in total. The monoisotopic (exact) mass is 225 g/mol. The predicted octanol–water partition coefficient (Wildman–Crippen LogP) is 1.83. The van der Waals surface area contributed by atoms with Gasteiger partial charge in [-0.2, -0.15) is 0 Å². The molecular formula is C11H15NO2S. The molecule has 0 aromatic heterocycles. The van der Waals surface area contributed by atoms with Gasteiger partial charge in [0.2, 0.25) is 10.0 Å². The van der Waals surface area contributed by atoms with Gasteiger partial charge < -0.3 is 0 Å². The van der Waals surface area contributed by atoms with Gasteiger partial charge in [-0.15, -0.1) is 0 Å². The van der Waals surface area contributed by atoms with Crippen LogP contribution in [0.25, 0.3) is 0 Å². The Labute approximate surface area is 90.6 Å². The fourth-order valence-corrected chi connectivity index (χ4v) is 3.11. The highest BCUT2D eigenvalue weighted by molar-refractivity contribution is 7.90. The fourth-order valence-electron chi connectivity index (χ4n) is 1.53. The van der Waals surface area contributed by atoms with Gasteiger partial charge in [0.25, 0.3) is 0 Å². The summed E-state index contributed by atoms with van der Waals surface area (Å²) < 4.78 is 26.0. The summed E-state index contributed by atoms with van der Waals surface area (Å²) in [5, 5.41) is -0.149. The maximum absolute atomic E-state index is 11.7. The van der Waals surface area contributed by atoms with Crippen LogP contribution in [-0.2, 0) is 10.0 Å². The van der Waals surface area contributed by atoms with Gasteiger partial charge in [-0.05, 0) is 25.3 Å². The molecule has 0 heterocycles. The average Bonchev–Trinajstić information content (AvgIpc) is 3.01. The molecule has 0 saturated heterocycles. The van der Waals surface area contributed by atoms with E-state index in [1.54, 1.807) is 0 Å². The highest BCUT2D eigenvalue weighted by Crippen LogP contribution is 2.29. The molecule has 1 fully saturated rings. The maximum atomic E-state index is 11.7. The fraction of sp³-hybridized carbons (Fsp3) is 0.455. The zero-order valence-electron chi connectivity index (χ0n) is 8.68. The van der Waals surface area contributed by atoms with Crippen molar-refractivity contribution in [3.63, 3.8) is 0 Å². The van der Waals surface area contributed by atoms with Crippen molar-refractivity contribution in [2.75, 3.05) is 0 Å². The predicted molar refractivity (Wildman–Crippen MR) is 59.9 cm³/mol. The lowest BCUT2D eigenvalue weighted by Crippen LogP contribution is -2.29. The molecule has 2 rings (SSSR count). The van der Waals surface area contributed by atoms with Gasteiger partial charge in [-0.3, -0.25) is 0 Å². The second-order valence-corrected chi connectivity index (χ2v) is 5.99. The van der Waals surface area contributed by atoms with Crippen LogP contribution in [0.15, 0.2) is 30.3 Å². The van der Waals surface area contributed by atoms with Crippen molar-refractivity contribution in [1.82, 2.24) is 4.72 Å². The minimum Gasteiger partial charge on any atom is -0.212 e. The van der Waals surface area contributed by atoms with Crippen molar-refractivity contribution in [1.29, 1.82) is 0 Å². The first-order valence-corrected chi connectivity index (χ1v) is 6.70. The Kier molecular flexibility index (Phi) is 2.80. The molecular weight excluding hydrogens is 210 g/mol. The third-order valence-electron chi connectivity index (χ3n) is 2.60. The normalized spacial score (nSPS) is 18.7. The van der Waals surface area contributed by atoms with Crippen LogP contribution in [-0.4, -0.2) is 13.7 Å². The third-order valence-corrected chi connectivity index (χ3v) is 4.63. The van der Waals surface area contributed by atoms with Crippen LogP contribution in [0.2, 0.25) is 0 Å². The van der Waals surface area contributed by atoms with E-state index >= 15 is 0 Å². The van der Waals surface area contributed by atoms with Crippen LogP contribution in [0.4, 0.5) is 0 Å². The van der Waals surface area contributed by atoms with Crippen LogP contribution >= 0.6 is 0 Å². The van der Waals surface area contributed by atoms with Crippen LogP contribution in [0.5, 0.6) is 0 Å². The van der Waals surface area contributed by atoms with Gasteiger partial charge in [-0.1, -0.05) is 30.3 Å². The smallest absolute Gasteiger partial charge is 0.212 e. The van der Waals surface area contributed by atoms with E-state index in [1.165, 1.54) is 0 Å². The van der Waals surface area contributed by atoms with Crippen LogP contribution in [0.3, 0.4) is 0 Å². The summed E-state index contributed by atoms with van der Waals surface area (Å²) in [6.07, 6.45) is 1.60. The quantitative estimate of drug-likeness (QED) is 0.849. The summed E-state index contributed by atoms with van der Waals surface area (Å²) >= 11 is 0. The molecule has 1 aliphatic carbocycles. The van der Waals surface area contributed by atoms with Gasteiger partial charge in [0.1, 0.15) is 0 Å². The summed E-state index contributed by atoms with van der Waals surface area (Å²) in [7, 11) is -3.08. The highest BCUT2D eigenvalue weighted by Gasteiger charge is 2.36. The topological polar surface area (TPSA) is 46.2 Å². The lowest BCUT2D eigenvalue weighted by Gasteiger charge is -2.13. The molecule has 1 saturated carbocycles. The first-order valence-electron chi connectivity index (χ1n) is 5.16. The number of nitrogens with one attached hydrogen (secondary N) is 1. The van der Waals surface area contributed by atoms with Gasteiger partial charge in [0.05, 0.1) is 5.25 Å². The molecule has 1 aromatic rings. The summed E-state index contributed by atoms with van der Waals surface area (Å²) in [6.45, 7) is 1.87. The third kappa shape index (κ3) is 2.58. The van der Waals surface area contributed by atoms with Crippen molar-refractivity contribution >= 4 is 10.0 Å². The number of hydrogen-bond donors (Lipinski definition) is 1. The minimum absolute atomic E-state index is 0.142. The van der Waals surface area contributed by atoms with Crippen molar-refractivity contribution in [3.8, 4) is 0 Å². The average molecular weight is 225 g/mol. The van der Waals surface area contributed by atoms with E-state index in [1.807, 2.05) is 37.3 Å². The molecule has 1 N–H and O–H groups in total. The summed E-state index contributed by atoms with van der Waals surface area (Å²) in [5.41, 5.74) is 1.00.